The molecule has 6 nitrogen and oxygen atoms in total. The lowest BCUT2D eigenvalue weighted by molar-refractivity contribution is -0.140. The average molecular weight is 326 g/mol. The Labute approximate surface area is 137 Å². The number of hydrogen-bond donors (Lipinski definition) is 0. The highest BCUT2D eigenvalue weighted by Crippen LogP contribution is 2.36. The van der Waals surface area contributed by atoms with Crippen molar-refractivity contribution < 1.29 is 14.0 Å². The van der Waals surface area contributed by atoms with Crippen molar-refractivity contribution in [1.29, 1.82) is 0 Å². The first-order valence-electron chi connectivity index (χ1n) is 7.75. The van der Waals surface area contributed by atoms with Crippen LogP contribution in [0, 0.1) is 17.7 Å². The van der Waals surface area contributed by atoms with Gasteiger partial charge in [-0.2, -0.15) is 0 Å². The van der Waals surface area contributed by atoms with E-state index < -0.39 is 17.7 Å². The number of amides is 2. The van der Waals surface area contributed by atoms with Gasteiger partial charge in [0.05, 0.1) is 24.6 Å². The van der Waals surface area contributed by atoms with Crippen LogP contribution in [0.5, 0.6) is 0 Å². The highest BCUT2D eigenvalue weighted by Gasteiger charge is 2.52. The standard InChI is InChI=1S/C17H15FN4O2/c18-14-6-19-10-20-15(14)21-8-12-13(9-21)17(24)22(16(12)23)7-11-4-2-1-3-5-11/h1-6,10,12-13H,7-9H2. The molecule has 2 amide bonds. The maximum Gasteiger partial charge on any atom is 0.235 e. The molecular formula is C17H15FN4O2. The molecule has 4 rings (SSSR count). The zero-order valence-electron chi connectivity index (χ0n) is 12.8. The van der Waals surface area contributed by atoms with E-state index in [0.29, 0.717) is 13.1 Å². The Morgan fingerprint density at radius 1 is 1.08 bits per heavy atom. The second-order valence-corrected chi connectivity index (χ2v) is 6.06. The second-order valence-electron chi connectivity index (χ2n) is 6.06. The minimum atomic E-state index is -0.543. The van der Waals surface area contributed by atoms with E-state index >= 15 is 0 Å². The van der Waals surface area contributed by atoms with Crippen molar-refractivity contribution in [1.82, 2.24) is 14.9 Å². The molecule has 0 saturated carbocycles. The minimum Gasteiger partial charge on any atom is -0.352 e. The zero-order chi connectivity index (χ0) is 16.7. The van der Waals surface area contributed by atoms with Crippen LogP contribution in [0.25, 0.3) is 0 Å². The highest BCUT2D eigenvalue weighted by atomic mass is 19.1. The lowest BCUT2D eigenvalue weighted by Gasteiger charge is -2.21. The number of halogens is 1. The van der Waals surface area contributed by atoms with Gasteiger partial charge in [0.25, 0.3) is 0 Å². The van der Waals surface area contributed by atoms with E-state index in [1.165, 1.54) is 11.2 Å². The second kappa shape index (κ2) is 5.67. The third-order valence-electron chi connectivity index (χ3n) is 4.62. The fraction of sp³-hybridized carbons (Fsp3) is 0.294. The van der Waals surface area contributed by atoms with Gasteiger partial charge < -0.3 is 4.90 Å². The number of imide groups is 1. The van der Waals surface area contributed by atoms with Gasteiger partial charge in [-0.3, -0.25) is 14.5 Å². The third-order valence-corrected chi connectivity index (χ3v) is 4.62. The smallest absolute Gasteiger partial charge is 0.235 e. The fourth-order valence-electron chi connectivity index (χ4n) is 3.45. The van der Waals surface area contributed by atoms with E-state index in [2.05, 4.69) is 9.97 Å². The van der Waals surface area contributed by atoms with Crippen molar-refractivity contribution in [2.24, 2.45) is 11.8 Å². The molecule has 24 heavy (non-hydrogen) atoms. The molecule has 2 unspecified atom stereocenters. The Morgan fingerprint density at radius 2 is 1.75 bits per heavy atom. The van der Waals surface area contributed by atoms with E-state index in [-0.39, 0.29) is 24.2 Å². The Morgan fingerprint density at radius 3 is 2.38 bits per heavy atom. The van der Waals surface area contributed by atoms with Gasteiger partial charge in [0.2, 0.25) is 11.8 Å². The molecule has 7 heteroatoms. The summed E-state index contributed by atoms with van der Waals surface area (Å²) in [7, 11) is 0. The van der Waals surface area contributed by atoms with E-state index in [4.69, 9.17) is 0 Å². The Bertz CT molecular complexity index is 774. The quantitative estimate of drug-likeness (QED) is 0.794. The molecule has 3 heterocycles. The van der Waals surface area contributed by atoms with Gasteiger partial charge in [0.1, 0.15) is 6.33 Å². The largest absolute Gasteiger partial charge is 0.352 e. The molecule has 0 N–H and O–H groups in total. The van der Waals surface area contributed by atoms with Gasteiger partial charge in [-0.15, -0.1) is 0 Å². The van der Waals surface area contributed by atoms with Crippen molar-refractivity contribution >= 4 is 17.6 Å². The number of likely N-dealkylation sites (tertiary alicyclic amines) is 1. The van der Waals surface area contributed by atoms with E-state index in [0.717, 1.165) is 11.8 Å². The Balaban J connectivity index is 1.53. The topological polar surface area (TPSA) is 66.4 Å². The van der Waals surface area contributed by atoms with Gasteiger partial charge in [-0.05, 0) is 5.56 Å². The van der Waals surface area contributed by atoms with Crippen LogP contribution < -0.4 is 4.90 Å². The normalized spacial score (nSPS) is 23.0. The van der Waals surface area contributed by atoms with Crippen molar-refractivity contribution in [2.75, 3.05) is 18.0 Å². The van der Waals surface area contributed by atoms with Crippen LogP contribution in [-0.4, -0.2) is 39.8 Å². The summed E-state index contributed by atoms with van der Waals surface area (Å²) in [5.41, 5.74) is 0.915. The molecule has 1 aromatic heterocycles. The summed E-state index contributed by atoms with van der Waals surface area (Å²) in [6, 6.07) is 9.41. The Kier molecular flexibility index (Phi) is 3.48. The van der Waals surface area contributed by atoms with Gasteiger partial charge >= 0.3 is 0 Å². The first-order chi connectivity index (χ1) is 11.6. The molecule has 2 fully saturated rings. The lowest BCUT2D eigenvalue weighted by Crippen LogP contribution is -2.36. The summed E-state index contributed by atoms with van der Waals surface area (Å²) in [6.07, 6.45) is 2.35. The molecule has 2 atom stereocenters. The number of hydrogen-bond acceptors (Lipinski definition) is 5. The predicted octanol–water partition coefficient (Wildman–Crippen LogP) is 1.24. The van der Waals surface area contributed by atoms with Crippen LogP contribution >= 0.6 is 0 Å². The number of aromatic nitrogens is 2. The van der Waals surface area contributed by atoms with Crippen molar-refractivity contribution in [3.05, 3.63) is 54.2 Å². The lowest BCUT2D eigenvalue weighted by atomic mass is 10.00. The zero-order valence-corrected chi connectivity index (χ0v) is 12.8. The van der Waals surface area contributed by atoms with Crippen LogP contribution in [0.3, 0.4) is 0 Å². The fourth-order valence-corrected chi connectivity index (χ4v) is 3.45. The molecule has 0 aliphatic carbocycles. The van der Waals surface area contributed by atoms with Gasteiger partial charge in [-0.25, -0.2) is 14.4 Å². The highest BCUT2D eigenvalue weighted by molar-refractivity contribution is 6.06. The monoisotopic (exact) mass is 326 g/mol. The summed E-state index contributed by atoms with van der Waals surface area (Å²) in [5.74, 6) is -1.64. The molecule has 2 aromatic rings. The Hall–Kier alpha value is -2.83. The summed E-state index contributed by atoms with van der Waals surface area (Å²) < 4.78 is 13.8. The van der Waals surface area contributed by atoms with Gasteiger partial charge in [0, 0.05) is 13.1 Å². The number of fused-ring (bicyclic) bond motifs is 1. The maximum absolute atomic E-state index is 13.8. The molecule has 2 aliphatic rings. The van der Waals surface area contributed by atoms with E-state index in [1.54, 1.807) is 4.90 Å². The molecule has 1 aromatic carbocycles. The molecular weight excluding hydrogens is 311 g/mol. The predicted molar refractivity (Wildman–Crippen MR) is 83.2 cm³/mol. The van der Waals surface area contributed by atoms with Gasteiger partial charge in [0.15, 0.2) is 11.6 Å². The van der Waals surface area contributed by atoms with Crippen molar-refractivity contribution in [2.45, 2.75) is 6.54 Å². The number of nitrogens with zero attached hydrogens (tertiary/aromatic N) is 4. The molecule has 2 aliphatic heterocycles. The van der Waals surface area contributed by atoms with Crippen LogP contribution in [-0.2, 0) is 16.1 Å². The molecule has 122 valence electrons. The number of carbonyl (C=O) groups is 2. The molecule has 2 saturated heterocycles. The van der Waals surface area contributed by atoms with Crippen molar-refractivity contribution in [3.63, 3.8) is 0 Å². The van der Waals surface area contributed by atoms with Crippen LogP contribution in [0.4, 0.5) is 10.2 Å². The number of benzene rings is 1. The number of anilines is 1. The molecule has 0 radical (unpaired) electrons. The SMILES string of the molecule is O=C1C2CN(c3ncncc3F)CC2C(=O)N1Cc1ccccc1. The van der Waals surface area contributed by atoms with Crippen LogP contribution in [0.2, 0.25) is 0 Å². The average Bonchev–Trinajstić information content (AvgIpc) is 3.12. The third kappa shape index (κ3) is 2.33. The number of carbonyl (C=O) groups excluding carboxylic acids is 2. The first-order valence-corrected chi connectivity index (χ1v) is 7.75. The molecule has 0 bridgehead atoms. The summed E-state index contributed by atoms with van der Waals surface area (Å²) >= 11 is 0. The van der Waals surface area contributed by atoms with E-state index in [1.807, 2.05) is 30.3 Å². The summed E-state index contributed by atoms with van der Waals surface area (Å²) in [5, 5.41) is 0. The number of rotatable bonds is 3. The summed E-state index contributed by atoms with van der Waals surface area (Å²) in [4.78, 5) is 35.8. The minimum absolute atomic E-state index is 0.148. The summed E-state index contributed by atoms with van der Waals surface area (Å²) in [6.45, 7) is 0.885. The first kappa shape index (κ1) is 14.7. The van der Waals surface area contributed by atoms with E-state index in [9.17, 15) is 14.0 Å². The molecule has 0 spiro atoms. The van der Waals surface area contributed by atoms with Crippen LogP contribution in [0.1, 0.15) is 5.56 Å². The maximum atomic E-state index is 13.8. The van der Waals surface area contributed by atoms with Gasteiger partial charge in [-0.1, -0.05) is 30.3 Å². The van der Waals surface area contributed by atoms with Crippen LogP contribution in [0.15, 0.2) is 42.9 Å². The van der Waals surface area contributed by atoms with Crippen molar-refractivity contribution in [3.8, 4) is 0 Å².